The van der Waals surface area contributed by atoms with Gasteiger partial charge in [-0.3, -0.25) is 4.55 Å². The molecule has 0 aromatic heterocycles. The summed E-state index contributed by atoms with van der Waals surface area (Å²) in [5.74, 6) is -0.224. The molecule has 0 atom stereocenters. The lowest BCUT2D eigenvalue weighted by Crippen LogP contribution is -1.99. The minimum Gasteiger partial charge on any atom is -0.507 e. The molecule has 0 aliphatic heterocycles. The zero-order valence-corrected chi connectivity index (χ0v) is 11.1. The van der Waals surface area contributed by atoms with Gasteiger partial charge in [0.25, 0.3) is 10.1 Å². The molecule has 0 aliphatic carbocycles. The summed E-state index contributed by atoms with van der Waals surface area (Å²) in [7, 11) is -4.32. The molecule has 1 aromatic carbocycles. The number of hydrogen-bond donors (Lipinski definition) is 2. The van der Waals surface area contributed by atoms with E-state index in [0.29, 0.717) is 11.1 Å². The second kappa shape index (κ2) is 4.98. The third kappa shape index (κ3) is 2.83. The second-order valence-corrected chi connectivity index (χ2v) is 5.06. The van der Waals surface area contributed by atoms with E-state index in [0.717, 1.165) is 6.07 Å². The highest BCUT2D eigenvalue weighted by molar-refractivity contribution is 14.1. The molecule has 6 heteroatoms. The van der Waals surface area contributed by atoms with Crippen molar-refractivity contribution >= 4 is 44.9 Å². The molecule has 0 aliphatic rings. The van der Waals surface area contributed by atoms with Crippen LogP contribution in [0.3, 0.4) is 0 Å². The van der Waals surface area contributed by atoms with Crippen molar-refractivity contribution in [2.45, 2.75) is 4.90 Å². The van der Waals surface area contributed by atoms with Gasteiger partial charge in [-0.25, -0.2) is 0 Å². The highest BCUT2D eigenvalue weighted by Crippen LogP contribution is 2.28. The van der Waals surface area contributed by atoms with Crippen LogP contribution in [0.5, 0.6) is 5.75 Å². The Labute approximate surface area is 107 Å². The standard InChI is InChI=1S/C10H9IO4S/c1-2-7-5-8(16(13,14)15)6-10(12)9(7)3-4-11/h2-6,12H,1H2,(H,13,14,15)/b4-3-. The summed E-state index contributed by atoms with van der Waals surface area (Å²) in [5, 5.41) is 9.62. The summed E-state index contributed by atoms with van der Waals surface area (Å²) in [4.78, 5) is -0.356. The van der Waals surface area contributed by atoms with Crippen LogP contribution in [0.1, 0.15) is 11.1 Å². The predicted molar refractivity (Wildman–Crippen MR) is 71.1 cm³/mol. The molecular weight excluding hydrogens is 343 g/mol. The fourth-order valence-electron chi connectivity index (χ4n) is 1.20. The van der Waals surface area contributed by atoms with E-state index in [1.165, 1.54) is 12.1 Å². The number of phenolic OH excluding ortho intramolecular Hbond substituents is 1. The van der Waals surface area contributed by atoms with Crippen molar-refractivity contribution in [3.8, 4) is 5.75 Å². The van der Waals surface area contributed by atoms with E-state index >= 15 is 0 Å². The Morgan fingerprint density at radius 1 is 1.38 bits per heavy atom. The van der Waals surface area contributed by atoms with Gasteiger partial charge in [0.2, 0.25) is 0 Å². The maximum Gasteiger partial charge on any atom is 0.294 e. The fraction of sp³-hybridized carbons (Fsp3) is 0. The predicted octanol–water partition coefficient (Wildman–Crippen LogP) is 2.69. The smallest absolute Gasteiger partial charge is 0.294 e. The van der Waals surface area contributed by atoms with E-state index in [2.05, 4.69) is 6.58 Å². The molecule has 1 rings (SSSR count). The second-order valence-electron chi connectivity index (χ2n) is 2.92. The number of halogens is 1. The molecule has 0 saturated carbocycles. The number of phenols is 1. The van der Waals surface area contributed by atoms with Gasteiger partial charge in [-0.05, 0) is 21.8 Å². The van der Waals surface area contributed by atoms with Crippen molar-refractivity contribution < 1.29 is 18.1 Å². The number of aromatic hydroxyl groups is 1. The lowest BCUT2D eigenvalue weighted by Gasteiger charge is -2.06. The lowest BCUT2D eigenvalue weighted by molar-refractivity contribution is 0.465. The summed E-state index contributed by atoms with van der Waals surface area (Å²) >= 11 is 1.97. The normalized spacial score (nSPS) is 11.9. The maximum atomic E-state index is 10.9. The van der Waals surface area contributed by atoms with E-state index in [4.69, 9.17) is 4.55 Å². The molecule has 16 heavy (non-hydrogen) atoms. The van der Waals surface area contributed by atoms with Crippen LogP contribution in [-0.4, -0.2) is 18.1 Å². The first-order valence-electron chi connectivity index (χ1n) is 4.14. The van der Waals surface area contributed by atoms with Gasteiger partial charge < -0.3 is 5.11 Å². The van der Waals surface area contributed by atoms with Crippen LogP contribution in [0.2, 0.25) is 0 Å². The largest absolute Gasteiger partial charge is 0.507 e. The van der Waals surface area contributed by atoms with Crippen molar-refractivity contribution in [1.29, 1.82) is 0 Å². The molecule has 0 unspecified atom stereocenters. The summed E-state index contributed by atoms with van der Waals surface area (Å²) in [6.45, 7) is 3.51. The molecule has 86 valence electrons. The van der Waals surface area contributed by atoms with Crippen molar-refractivity contribution in [3.63, 3.8) is 0 Å². The minimum absolute atomic E-state index is 0.224. The first kappa shape index (κ1) is 13.2. The summed E-state index contributed by atoms with van der Waals surface area (Å²) in [6.07, 6.45) is 3.01. The van der Waals surface area contributed by atoms with Crippen LogP contribution in [0.25, 0.3) is 12.2 Å². The van der Waals surface area contributed by atoms with Crippen LogP contribution in [-0.2, 0) is 10.1 Å². The maximum absolute atomic E-state index is 10.9. The molecular formula is C10H9IO4S. The Morgan fingerprint density at radius 3 is 2.44 bits per heavy atom. The quantitative estimate of drug-likeness (QED) is 0.648. The van der Waals surface area contributed by atoms with Gasteiger partial charge in [0, 0.05) is 11.6 Å². The average molecular weight is 352 g/mol. The van der Waals surface area contributed by atoms with E-state index < -0.39 is 10.1 Å². The van der Waals surface area contributed by atoms with Crippen LogP contribution in [0.15, 0.2) is 27.7 Å². The third-order valence-corrected chi connectivity index (χ3v) is 3.10. The molecule has 0 amide bonds. The third-order valence-electron chi connectivity index (χ3n) is 1.91. The Morgan fingerprint density at radius 2 is 2.00 bits per heavy atom. The van der Waals surface area contributed by atoms with Gasteiger partial charge in [0.05, 0.1) is 4.90 Å². The van der Waals surface area contributed by atoms with Crippen LogP contribution in [0, 0.1) is 0 Å². The Kier molecular flexibility index (Phi) is 4.11. The van der Waals surface area contributed by atoms with E-state index in [1.807, 2.05) is 22.6 Å². The first-order valence-corrected chi connectivity index (χ1v) is 6.82. The number of benzene rings is 1. The van der Waals surface area contributed by atoms with Gasteiger partial charge in [0.15, 0.2) is 0 Å². The molecule has 0 saturated heterocycles. The molecule has 0 bridgehead atoms. The van der Waals surface area contributed by atoms with E-state index in [9.17, 15) is 13.5 Å². The molecule has 4 nitrogen and oxygen atoms in total. The van der Waals surface area contributed by atoms with Gasteiger partial charge in [-0.1, -0.05) is 35.2 Å². The van der Waals surface area contributed by atoms with E-state index in [-0.39, 0.29) is 10.6 Å². The summed E-state index contributed by atoms with van der Waals surface area (Å²) in [5.41, 5.74) is 0.886. The fourth-order valence-corrected chi connectivity index (χ4v) is 2.09. The van der Waals surface area contributed by atoms with Crippen molar-refractivity contribution in [2.24, 2.45) is 0 Å². The number of rotatable bonds is 3. The zero-order chi connectivity index (χ0) is 12.3. The SMILES string of the molecule is C=Cc1cc(S(=O)(=O)O)cc(O)c1/C=C\I. The van der Waals surface area contributed by atoms with Crippen molar-refractivity contribution in [2.75, 3.05) is 0 Å². The average Bonchev–Trinajstić information content (AvgIpc) is 2.19. The minimum atomic E-state index is -4.32. The van der Waals surface area contributed by atoms with Crippen LogP contribution >= 0.6 is 22.6 Å². The molecule has 0 spiro atoms. The van der Waals surface area contributed by atoms with Crippen LogP contribution < -0.4 is 0 Å². The van der Waals surface area contributed by atoms with E-state index in [1.54, 1.807) is 10.2 Å². The van der Waals surface area contributed by atoms with Crippen LogP contribution in [0.4, 0.5) is 0 Å². The van der Waals surface area contributed by atoms with Gasteiger partial charge in [0.1, 0.15) is 5.75 Å². The molecule has 0 radical (unpaired) electrons. The first-order chi connectivity index (χ1) is 7.40. The Bertz CT molecular complexity index is 546. The lowest BCUT2D eigenvalue weighted by atomic mass is 10.1. The molecule has 0 fully saturated rings. The molecule has 0 heterocycles. The van der Waals surface area contributed by atoms with Crippen molar-refractivity contribution in [1.82, 2.24) is 0 Å². The zero-order valence-electron chi connectivity index (χ0n) is 8.09. The molecule has 2 N–H and O–H groups in total. The molecule has 1 aromatic rings. The van der Waals surface area contributed by atoms with Gasteiger partial charge in [-0.2, -0.15) is 8.42 Å². The summed E-state index contributed by atoms with van der Waals surface area (Å²) in [6, 6.07) is 2.24. The van der Waals surface area contributed by atoms with Crippen molar-refractivity contribution in [3.05, 3.63) is 33.9 Å². The number of hydrogen-bond acceptors (Lipinski definition) is 3. The monoisotopic (exact) mass is 352 g/mol. The van der Waals surface area contributed by atoms with Gasteiger partial charge in [-0.15, -0.1) is 0 Å². The summed E-state index contributed by atoms with van der Waals surface area (Å²) < 4.78 is 32.4. The Hall–Kier alpha value is -0.860. The highest BCUT2D eigenvalue weighted by Gasteiger charge is 2.14. The van der Waals surface area contributed by atoms with Gasteiger partial charge >= 0.3 is 0 Å². The Balaban J connectivity index is 3.56. The highest BCUT2D eigenvalue weighted by atomic mass is 127. The topological polar surface area (TPSA) is 74.6 Å².